The second-order valence-electron chi connectivity index (χ2n) is 2.30. The van der Waals surface area contributed by atoms with Crippen LogP contribution in [0.15, 0.2) is 35.2 Å². The monoisotopic (exact) mass is 256 g/mol. The van der Waals surface area contributed by atoms with Gasteiger partial charge in [-0.25, -0.2) is 4.57 Å². The third kappa shape index (κ3) is 9.54. The summed E-state index contributed by atoms with van der Waals surface area (Å²) in [6.45, 7) is 0. The highest BCUT2D eigenvalue weighted by Gasteiger charge is 2.05. The molecule has 0 atom stereocenters. The molecule has 0 saturated carbocycles. The molecule has 0 bridgehead atoms. The lowest BCUT2D eigenvalue weighted by atomic mass is 10.4. The highest BCUT2D eigenvalue weighted by Crippen LogP contribution is 2.25. The first-order valence-corrected chi connectivity index (χ1v) is 6.42. The van der Waals surface area contributed by atoms with Crippen LogP contribution in [0.1, 0.15) is 0 Å². The molecule has 15 heavy (non-hydrogen) atoms. The molecule has 1 rings (SSSR count). The van der Waals surface area contributed by atoms with Crippen LogP contribution in [0.5, 0.6) is 0 Å². The fourth-order valence-electron chi connectivity index (χ4n) is 0.592. The van der Waals surface area contributed by atoms with Gasteiger partial charge in [-0.1, -0.05) is 18.2 Å². The Balaban J connectivity index is 0.000000336. The summed E-state index contributed by atoms with van der Waals surface area (Å²) >= 11 is 0. The Hall–Kier alpha value is -0.760. The lowest BCUT2D eigenvalue weighted by Crippen LogP contribution is -1.96. The summed E-state index contributed by atoms with van der Waals surface area (Å²) in [7, 11) is -8.64. The highest BCUT2D eigenvalue weighted by atomic mass is 32.2. The van der Waals surface area contributed by atoms with Crippen molar-refractivity contribution in [3.63, 3.8) is 0 Å². The molecule has 0 aliphatic rings. The van der Waals surface area contributed by atoms with Crippen LogP contribution in [0.3, 0.4) is 0 Å². The van der Waals surface area contributed by atoms with Crippen LogP contribution < -0.4 is 0 Å². The lowest BCUT2D eigenvalue weighted by Gasteiger charge is -1.92. The average molecular weight is 256 g/mol. The summed E-state index contributed by atoms with van der Waals surface area (Å²) < 4.78 is 38.1. The molecule has 1 aromatic rings. The van der Waals surface area contributed by atoms with Gasteiger partial charge in [0.05, 0.1) is 4.90 Å². The normalized spacial score (nSPS) is 11.5. The Labute approximate surface area is 86.0 Å². The Bertz CT molecular complexity index is 426. The summed E-state index contributed by atoms with van der Waals surface area (Å²) in [5, 5.41) is 0. The summed E-state index contributed by atoms with van der Waals surface area (Å²) in [5.74, 6) is 0. The van der Waals surface area contributed by atoms with Gasteiger partial charge >= 0.3 is 7.82 Å². The SMILES string of the molecule is O=P(O)(O)O.O=S(=O)(O)c1ccccc1. The Morgan fingerprint density at radius 2 is 1.33 bits per heavy atom. The Morgan fingerprint density at radius 1 is 1.00 bits per heavy atom. The fraction of sp³-hybridized carbons (Fsp3) is 0. The summed E-state index contributed by atoms with van der Waals surface area (Å²) in [5.41, 5.74) is 0. The van der Waals surface area contributed by atoms with Crippen molar-refractivity contribution < 1.29 is 32.2 Å². The molecule has 0 spiro atoms. The van der Waals surface area contributed by atoms with Crippen molar-refractivity contribution in [2.24, 2.45) is 0 Å². The minimum Gasteiger partial charge on any atom is -0.303 e. The molecule has 9 heteroatoms. The smallest absolute Gasteiger partial charge is 0.303 e. The van der Waals surface area contributed by atoms with E-state index in [1.807, 2.05) is 0 Å². The van der Waals surface area contributed by atoms with Crippen LogP contribution in [0.25, 0.3) is 0 Å². The molecule has 86 valence electrons. The second kappa shape index (κ2) is 5.36. The Morgan fingerprint density at radius 3 is 1.53 bits per heavy atom. The summed E-state index contributed by atoms with van der Waals surface area (Å²) in [6.07, 6.45) is 0. The van der Waals surface area contributed by atoms with Crippen molar-refractivity contribution in [1.82, 2.24) is 0 Å². The lowest BCUT2D eigenvalue weighted by molar-refractivity contribution is 0.275. The first kappa shape index (κ1) is 14.2. The first-order chi connectivity index (χ1) is 6.61. The molecular weight excluding hydrogens is 247 g/mol. The minimum atomic E-state index is -4.64. The molecule has 0 unspecified atom stereocenters. The van der Waals surface area contributed by atoms with E-state index in [4.69, 9.17) is 23.8 Å². The van der Waals surface area contributed by atoms with Gasteiger partial charge in [-0.15, -0.1) is 0 Å². The number of phosphoric acid groups is 1. The maximum absolute atomic E-state index is 10.4. The molecule has 0 amide bonds. The highest BCUT2D eigenvalue weighted by molar-refractivity contribution is 7.85. The molecule has 0 aliphatic heterocycles. The zero-order valence-electron chi connectivity index (χ0n) is 7.26. The number of hydrogen-bond acceptors (Lipinski definition) is 3. The number of rotatable bonds is 1. The first-order valence-electron chi connectivity index (χ1n) is 3.41. The van der Waals surface area contributed by atoms with Gasteiger partial charge in [0.1, 0.15) is 0 Å². The molecule has 0 saturated heterocycles. The number of benzene rings is 1. The molecule has 4 N–H and O–H groups in total. The van der Waals surface area contributed by atoms with E-state index in [0.29, 0.717) is 0 Å². The van der Waals surface area contributed by atoms with Crippen LogP contribution in [-0.4, -0.2) is 27.7 Å². The fourth-order valence-corrected chi connectivity index (χ4v) is 1.09. The van der Waals surface area contributed by atoms with E-state index in [2.05, 4.69) is 0 Å². The molecule has 7 nitrogen and oxygen atoms in total. The van der Waals surface area contributed by atoms with E-state index < -0.39 is 17.9 Å². The van der Waals surface area contributed by atoms with E-state index >= 15 is 0 Å². The summed E-state index contributed by atoms with van der Waals surface area (Å²) in [6, 6.07) is 7.42. The van der Waals surface area contributed by atoms with Crippen LogP contribution in [0.4, 0.5) is 0 Å². The van der Waals surface area contributed by atoms with Gasteiger partial charge in [0, 0.05) is 0 Å². The van der Waals surface area contributed by atoms with Gasteiger partial charge in [-0.2, -0.15) is 8.42 Å². The standard InChI is InChI=1S/C6H6O3S.H3O4P/c7-10(8,9)6-4-2-1-3-5-6;1-5(2,3)4/h1-5H,(H,7,8,9);(H3,1,2,3,4). The zero-order valence-corrected chi connectivity index (χ0v) is 8.97. The van der Waals surface area contributed by atoms with Gasteiger partial charge in [0.15, 0.2) is 0 Å². The van der Waals surface area contributed by atoms with E-state index in [-0.39, 0.29) is 4.90 Å². The van der Waals surface area contributed by atoms with Gasteiger partial charge in [0.2, 0.25) is 0 Å². The van der Waals surface area contributed by atoms with E-state index in [1.54, 1.807) is 18.2 Å². The van der Waals surface area contributed by atoms with Crippen molar-refractivity contribution in [1.29, 1.82) is 0 Å². The maximum Gasteiger partial charge on any atom is 0.466 e. The van der Waals surface area contributed by atoms with Gasteiger partial charge in [0.25, 0.3) is 10.1 Å². The molecule has 0 radical (unpaired) electrons. The maximum atomic E-state index is 10.4. The van der Waals surface area contributed by atoms with E-state index in [9.17, 15) is 8.42 Å². The second-order valence-corrected chi connectivity index (χ2v) is 4.75. The molecule has 0 fully saturated rings. The predicted octanol–water partition coefficient (Wildman–Crippen LogP) is 0.00470. The summed E-state index contributed by atoms with van der Waals surface area (Å²) in [4.78, 5) is 21.5. The zero-order chi connectivity index (χ0) is 12.1. The van der Waals surface area contributed by atoms with Gasteiger partial charge in [-0.3, -0.25) is 4.55 Å². The largest absolute Gasteiger partial charge is 0.466 e. The van der Waals surface area contributed by atoms with Crippen LogP contribution in [-0.2, 0) is 14.7 Å². The van der Waals surface area contributed by atoms with E-state index in [1.165, 1.54) is 12.1 Å². The van der Waals surface area contributed by atoms with Crippen molar-refractivity contribution in [3.8, 4) is 0 Å². The molecule has 1 aromatic carbocycles. The van der Waals surface area contributed by atoms with Crippen LogP contribution in [0, 0.1) is 0 Å². The third-order valence-electron chi connectivity index (χ3n) is 1.04. The number of hydrogen-bond donors (Lipinski definition) is 4. The van der Waals surface area contributed by atoms with Crippen LogP contribution in [0.2, 0.25) is 0 Å². The topological polar surface area (TPSA) is 132 Å². The molecule has 0 heterocycles. The van der Waals surface area contributed by atoms with E-state index in [0.717, 1.165) is 0 Å². The molecule has 0 aliphatic carbocycles. The van der Waals surface area contributed by atoms with Gasteiger partial charge < -0.3 is 14.7 Å². The van der Waals surface area contributed by atoms with Crippen molar-refractivity contribution in [3.05, 3.63) is 30.3 Å². The molecular formula is C6H9O7PS. The van der Waals surface area contributed by atoms with Crippen LogP contribution >= 0.6 is 7.82 Å². The van der Waals surface area contributed by atoms with Crippen molar-refractivity contribution in [2.45, 2.75) is 4.90 Å². The third-order valence-corrected chi connectivity index (χ3v) is 1.91. The predicted molar refractivity (Wildman–Crippen MR) is 50.5 cm³/mol. The minimum absolute atomic E-state index is 0.0741. The Kier molecular flexibility index (Phi) is 5.09. The van der Waals surface area contributed by atoms with Gasteiger partial charge in [-0.05, 0) is 12.1 Å². The quantitative estimate of drug-likeness (QED) is 0.410. The molecule has 0 aromatic heterocycles. The van der Waals surface area contributed by atoms with Crippen molar-refractivity contribution >= 4 is 17.9 Å². The average Bonchev–Trinajstić information content (AvgIpc) is 2.01. The van der Waals surface area contributed by atoms with Crippen molar-refractivity contribution in [2.75, 3.05) is 0 Å².